The maximum absolute atomic E-state index is 9.53. The van der Waals surface area contributed by atoms with E-state index in [2.05, 4.69) is 2.84 Å². The van der Waals surface area contributed by atoms with Crippen LogP contribution in [-0.2, 0) is 45.3 Å². The van der Waals surface area contributed by atoms with E-state index < -0.39 is 27.2 Å². The Kier molecular flexibility index (Phi) is 4.49. The Labute approximate surface area is 61.4 Å². The zero-order valence-electron chi connectivity index (χ0n) is 3.75. The molecule has 0 rings (SSSR count). The van der Waals surface area contributed by atoms with E-state index in [9.17, 15) is 15.2 Å². The van der Waals surface area contributed by atoms with Crippen molar-refractivity contribution in [3.05, 3.63) is 0 Å². The predicted molar refractivity (Wildman–Crippen MR) is 15.0 cm³/mol. The molecule has 10 heavy (non-hydrogen) atoms. The summed E-state index contributed by atoms with van der Waals surface area (Å²) < 4.78 is 56.3. The van der Waals surface area contributed by atoms with Crippen molar-refractivity contribution in [2.75, 3.05) is 0 Å². The first-order valence-electron chi connectivity index (χ1n) is 1.37. The summed E-state index contributed by atoms with van der Waals surface area (Å²) in [5.74, 6) is 0. The van der Waals surface area contributed by atoms with Crippen molar-refractivity contribution in [3.8, 4) is 0 Å². The monoisotopic (exact) mass is 234 g/mol. The molecule has 0 aliphatic rings. The first-order valence-corrected chi connectivity index (χ1v) is 5.63. The van der Waals surface area contributed by atoms with Crippen LogP contribution in [0.4, 0.5) is 0 Å². The van der Waals surface area contributed by atoms with Gasteiger partial charge in [0.2, 0.25) is 0 Å². The van der Waals surface area contributed by atoms with E-state index in [-0.39, 0.29) is 7.43 Å². The van der Waals surface area contributed by atoms with Crippen molar-refractivity contribution in [2.45, 2.75) is 7.43 Å². The Bertz CT molecular complexity index is 237. The molecule has 0 spiro atoms. The zero-order valence-corrected chi connectivity index (χ0v) is 6.30. The minimum absolute atomic E-state index is 0. The predicted octanol–water partition coefficient (Wildman–Crippen LogP) is -1.03. The molecule has 7 nitrogen and oxygen atoms in total. The van der Waals surface area contributed by atoms with E-state index in [1.54, 1.807) is 0 Å². The summed E-state index contributed by atoms with van der Waals surface area (Å²) in [4.78, 5) is 0. The summed E-state index contributed by atoms with van der Waals surface area (Å²) in [6, 6.07) is 0. The van der Waals surface area contributed by atoms with Crippen LogP contribution in [0.5, 0.6) is 0 Å². The summed E-state index contributed by atoms with van der Waals surface area (Å²) in [5, 5.41) is 0. The van der Waals surface area contributed by atoms with Crippen LogP contribution in [-0.4, -0.2) is 8.32 Å². The Morgan fingerprint density at radius 3 is 1.10 bits per heavy atom. The molecule has 0 atom stereocenters. The number of hydrogen-bond acceptors (Lipinski definition) is 5. The zero-order chi connectivity index (χ0) is 7.71. The van der Waals surface area contributed by atoms with Crippen LogP contribution >= 0.6 is 0 Å². The van der Waals surface area contributed by atoms with Crippen molar-refractivity contribution >= 4 is 0 Å². The SMILES string of the molecule is C.[O]=[Cr](=[O])([OH])[O][Cr](=[O])(=[O])[OH]. The summed E-state index contributed by atoms with van der Waals surface area (Å²) >= 11 is -11.5. The molecule has 0 radical (unpaired) electrons. The van der Waals surface area contributed by atoms with Gasteiger partial charge < -0.3 is 0 Å². The first-order chi connectivity index (χ1) is 3.71. The van der Waals surface area contributed by atoms with Gasteiger partial charge in [-0.15, -0.1) is 0 Å². The van der Waals surface area contributed by atoms with Gasteiger partial charge in [-0.25, -0.2) is 0 Å². The normalized spacial score (nSPS) is 12.2. The molecule has 0 heterocycles. The Morgan fingerprint density at radius 1 is 0.900 bits per heavy atom. The standard InChI is InChI=1S/CH4.2Cr.2H2O.5O/h1H4;;;2*1H2;;;;;/q;2*+1;;;;;;;/p-2. The van der Waals surface area contributed by atoms with E-state index in [0.717, 1.165) is 0 Å². The van der Waals surface area contributed by atoms with Gasteiger partial charge in [0, 0.05) is 0 Å². The van der Waals surface area contributed by atoms with E-state index in [4.69, 9.17) is 8.32 Å². The van der Waals surface area contributed by atoms with Crippen LogP contribution in [0.3, 0.4) is 0 Å². The van der Waals surface area contributed by atoms with Gasteiger partial charge in [0.1, 0.15) is 0 Å². The molecule has 0 aromatic rings. The van der Waals surface area contributed by atoms with Gasteiger partial charge in [0.05, 0.1) is 0 Å². The fourth-order valence-electron chi connectivity index (χ4n) is 0.109. The van der Waals surface area contributed by atoms with Gasteiger partial charge in [0.15, 0.2) is 0 Å². The second-order valence-electron chi connectivity index (χ2n) is 0.924. The molecular weight excluding hydrogens is 228 g/mol. The van der Waals surface area contributed by atoms with Gasteiger partial charge in [-0.2, -0.15) is 0 Å². The molecule has 0 aliphatic heterocycles. The first kappa shape index (κ1) is 12.8. The van der Waals surface area contributed by atoms with Crippen LogP contribution in [0.2, 0.25) is 0 Å². The van der Waals surface area contributed by atoms with Crippen molar-refractivity contribution in [1.82, 2.24) is 0 Å². The molecule has 0 amide bonds. The topological polar surface area (TPSA) is 118 Å². The van der Waals surface area contributed by atoms with Crippen LogP contribution < -0.4 is 0 Å². The third-order valence-corrected chi connectivity index (χ3v) is 2.92. The summed E-state index contributed by atoms with van der Waals surface area (Å²) in [6.45, 7) is 0. The van der Waals surface area contributed by atoms with Gasteiger partial charge in [0.25, 0.3) is 0 Å². The molecule has 0 unspecified atom stereocenters. The quantitative estimate of drug-likeness (QED) is 0.627. The molecule has 0 saturated heterocycles. The summed E-state index contributed by atoms with van der Waals surface area (Å²) in [5.41, 5.74) is 0. The van der Waals surface area contributed by atoms with Crippen LogP contribution in [0.25, 0.3) is 0 Å². The molecule has 0 bridgehead atoms. The molecule has 0 aromatic heterocycles. The average Bonchev–Trinajstić information content (AvgIpc) is 1.14. The molecule has 2 N–H and O–H groups in total. The number of hydrogen-bond donors (Lipinski definition) is 2. The van der Waals surface area contributed by atoms with Crippen LogP contribution in [0, 0.1) is 0 Å². The van der Waals surface area contributed by atoms with Crippen molar-refractivity contribution in [1.29, 1.82) is 0 Å². The van der Waals surface area contributed by atoms with Crippen molar-refractivity contribution < 1.29 is 53.6 Å². The third kappa shape index (κ3) is 11.0. The second kappa shape index (κ2) is 3.51. The minimum atomic E-state index is -5.76. The average molecular weight is 234 g/mol. The molecule has 0 aromatic carbocycles. The van der Waals surface area contributed by atoms with Gasteiger partial charge in [-0.3, -0.25) is 0 Å². The van der Waals surface area contributed by atoms with Gasteiger partial charge >= 0.3 is 53.6 Å². The Hall–Kier alpha value is 0.145. The van der Waals surface area contributed by atoms with E-state index in [1.807, 2.05) is 0 Å². The van der Waals surface area contributed by atoms with E-state index in [1.165, 1.54) is 0 Å². The molecule has 9 heteroatoms. The van der Waals surface area contributed by atoms with Crippen molar-refractivity contribution in [3.63, 3.8) is 0 Å². The Morgan fingerprint density at radius 2 is 1.10 bits per heavy atom. The van der Waals surface area contributed by atoms with Gasteiger partial charge in [-0.1, -0.05) is 7.43 Å². The molecule has 64 valence electrons. The Balaban J connectivity index is 0. The van der Waals surface area contributed by atoms with E-state index in [0.29, 0.717) is 0 Å². The summed E-state index contributed by atoms with van der Waals surface area (Å²) in [6.07, 6.45) is 0. The maximum atomic E-state index is 9.53. The van der Waals surface area contributed by atoms with E-state index >= 15 is 0 Å². The molecule has 0 aliphatic carbocycles. The fourth-order valence-corrected chi connectivity index (χ4v) is 1.85. The molecule has 0 saturated carbocycles. The van der Waals surface area contributed by atoms with Crippen molar-refractivity contribution in [2.24, 2.45) is 0 Å². The molecular formula is CH6Cr2O7. The van der Waals surface area contributed by atoms with Crippen LogP contribution in [0.1, 0.15) is 7.43 Å². The summed E-state index contributed by atoms with van der Waals surface area (Å²) in [7, 11) is 0. The fraction of sp³-hybridized carbons (Fsp3) is 1.00. The second-order valence-corrected chi connectivity index (χ2v) is 4.68. The van der Waals surface area contributed by atoms with Gasteiger partial charge in [-0.05, 0) is 0 Å². The molecule has 0 fully saturated rings. The number of rotatable bonds is 2. The third-order valence-electron chi connectivity index (χ3n) is 0.172. The van der Waals surface area contributed by atoms with Crippen LogP contribution in [0.15, 0.2) is 0 Å².